The predicted molar refractivity (Wildman–Crippen MR) is 76.5 cm³/mol. The molecule has 0 spiro atoms. The van der Waals surface area contributed by atoms with Gasteiger partial charge in [-0.05, 0) is 49.9 Å². The lowest BCUT2D eigenvalue weighted by Gasteiger charge is -2.35. The molecule has 0 amide bonds. The van der Waals surface area contributed by atoms with Gasteiger partial charge in [0.1, 0.15) is 0 Å². The van der Waals surface area contributed by atoms with Crippen LogP contribution in [0.15, 0.2) is 34.1 Å². The second-order valence-corrected chi connectivity index (χ2v) is 8.75. The minimum absolute atomic E-state index is 0.0177. The Balaban J connectivity index is 2.35. The van der Waals surface area contributed by atoms with Crippen molar-refractivity contribution in [2.24, 2.45) is 5.92 Å². The molecule has 5 nitrogen and oxygen atoms in total. The van der Waals surface area contributed by atoms with Crippen LogP contribution < -0.4 is 0 Å². The molecule has 1 saturated heterocycles. The van der Waals surface area contributed by atoms with Crippen molar-refractivity contribution < 1.29 is 20.7 Å². The molecule has 0 bridgehead atoms. The smallest absolute Gasteiger partial charge is 0.207 e. The Morgan fingerprint density at radius 3 is 2.05 bits per heavy atom. The molecule has 0 saturated carbocycles. The molecule has 1 aromatic rings. The maximum Gasteiger partial charge on any atom is 0.332 e. The van der Waals surface area contributed by atoms with Crippen LogP contribution in [0.2, 0.25) is 0 Å². The summed E-state index contributed by atoms with van der Waals surface area (Å²) in [6.45, 7) is 4.28. The fourth-order valence-corrected chi connectivity index (χ4v) is 4.73. The van der Waals surface area contributed by atoms with Crippen molar-refractivity contribution in [2.45, 2.75) is 42.5 Å². The lowest BCUT2D eigenvalue weighted by molar-refractivity contribution is 0.218. The summed E-state index contributed by atoms with van der Waals surface area (Å²) >= 11 is 0. The molecule has 2 unspecified atom stereocenters. The molecule has 8 heteroatoms. The number of sulfonamides is 1. The Morgan fingerprint density at radius 1 is 1.00 bits per heavy atom. The van der Waals surface area contributed by atoms with E-state index < -0.39 is 25.1 Å². The SMILES string of the molecule is CC1CCC(C)N(S(=O)(=O)c2ccc(S(=O)(=O)F)cc2)C1. The standard InChI is InChI=1S/C13H18FNO4S2/c1-10-3-4-11(2)15(9-10)21(18,19)13-7-5-12(6-8-13)20(14,16)17/h5-8,10-11H,3-4,9H2,1-2H3. The Hall–Kier alpha value is -0.990. The number of hydrogen-bond donors (Lipinski definition) is 0. The average Bonchev–Trinajstić information content (AvgIpc) is 2.40. The second-order valence-electron chi connectivity index (χ2n) is 5.52. The van der Waals surface area contributed by atoms with E-state index in [0.717, 1.165) is 37.1 Å². The Morgan fingerprint density at radius 2 is 1.52 bits per heavy atom. The van der Waals surface area contributed by atoms with Crippen molar-refractivity contribution in [2.75, 3.05) is 6.54 Å². The molecule has 0 aliphatic carbocycles. The third-order valence-corrected chi connectivity index (χ3v) is 6.60. The van der Waals surface area contributed by atoms with Gasteiger partial charge in [-0.15, -0.1) is 3.89 Å². The van der Waals surface area contributed by atoms with E-state index in [1.165, 1.54) is 4.31 Å². The van der Waals surface area contributed by atoms with Gasteiger partial charge in [0.25, 0.3) is 0 Å². The number of benzene rings is 1. The third kappa shape index (κ3) is 3.44. The molecule has 21 heavy (non-hydrogen) atoms. The van der Waals surface area contributed by atoms with Gasteiger partial charge in [0, 0.05) is 12.6 Å². The van der Waals surface area contributed by atoms with E-state index in [1.807, 2.05) is 13.8 Å². The van der Waals surface area contributed by atoms with Crippen LogP contribution in [0, 0.1) is 5.92 Å². The van der Waals surface area contributed by atoms with Crippen LogP contribution in [0.1, 0.15) is 26.7 Å². The molecule has 118 valence electrons. The first-order chi connectivity index (χ1) is 9.62. The summed E-state index contributed by atoms with van der Waals surface area (Å²) in [6.07, 6.45) is 1.77. The van der Waals surface area contributed by atoms with E-state index in [1.54, 1.807) is 0 Å². The van der Waals surface area contributed by atoms with Crippen LogP contribution in [-0.4, -0.2) is 33.7 Å². The van der Waals surface area contributed by atoms with Crippen molar-refractivity contribution in [1.29, 1.82) is 0 Å². The summed E-state index contributed by atoms with van der Waals surface area (Å²) in [4.78, 5) is -0.558. The van der Waals surface area contributed by atoms with E-state index in [-0.39, 0.29) is 16.9 Å². The molecule has 1 aliphatic rings. The quantitative estimate of drug-likeness (QED) is 0.794. The van der Waals surface area contributed by atoms with Gasteiger partial charge in [-0.25, -0.2) is 8.42 Å². The van der Waals surface area contributed by atoms with Crippen molar-refractivity contribution in [1.82, 2.24) is 4.31 Å². The maximum atomic E-state index is 12.8. The molecule has 1 heterocycles. The summed E-state index contributed by atoms with van der Waals surface area (Å²) < 4.78 is 61.0. The average molecular weight is 335 g/mol. The van der Waals surface area contributed by atoms with Crippen LogP contribution >= 0.6 is 0 Å². The van der Waals surface area contributed by atoms with Crippen LogP contribution in [0.4, 0.5) is 3.89 Å². The highest BCUT2D eigenvalue weighted by Crippen LogP contribution is 2.28. The van der Waals surface area contributed by atoms with Crippen LogP contribution in [-0.2, 0) is 20.2 Å². The number of halogens is 1. The van der Waals surface area contributed by atoms with E-state index >= 15 is 0 Å². The Labute approximate surface area is 125 Å². The zero-order valence-corrected chi connectivity index (χ0v) is 13.5. The largest absolute Gasteiger partial charge is 0.332 e. The van der Waals surface area contributed by atoms with Crippen molar-refractivity contribution >= 4 is 20.2 Å². The van der Waals surface area contributed by atoms with Gasteiger partial charge < -0.3 is 0 Å². The van der Waals surface area contributed by atoms with Gasteiger partial charge in [0.05, 0.1) is 9.79 Å². The minimum Gasteiger partial charge on any atom is -0.207 e. The molecule has 0 radical (unpaired) electrons. The molecule has 1 fully saturated rings. The predicted octanol–water partition coefficient (Wildman–Crippen LogP) is 2.15. The minimum atomic E-state index is -4.82. The van der Waals surface area contributed by atoms with E-state index in [0.29, 0.717) is 6.54 Å². The van der Waals surface area contributed by atoms with Gasteiger partial charge in [0.15, 0.2) is 0 Å². The summed E-state index contributed by atoms with van der Waals surface area (Å²) in [5.41, 5.74) is 0. The molecule has 0 N–H and O–H groups in total. The van der Waals surface area contributed by atoms with Gasteiger partial charge in [0.2, 0.25) is 10.0 Å². The lowest BCUT2D eigenvalue weighted by Crippen LogP contribution is -2.44. The highest BCUT2D eigenvalue weighted by molar-refractivity contribution is 7.89. The Kier molecular flexibility index (Phi) is 4.41. The molecule has 1 aliphatic heterocycles. The Bertz CT molecular complexity index is 713. The number of rotatable bonds is 3. The number of nitrogens with zero attached hydrogens (tertiary/aromatic N) is 1. The third-order valence-electron chi connectivity index (χ3n) is 3.77. The van der Waals surface area contributed by atoms with Gasteiger partial charge in [-0.3, -0.25) is 0 Å². The first-order valence-electron chi connectivity index (χ1n) is 6.69. The number of hydrogen-bond acceptors (Lipinski definition) is 4. The fourth-order valence-electron chi connectivity index (χ4n) is 2.49. The monoisotopic (exact) mass is 335 g/mol. The second kappa shape index (κ2) is 5.66. The van der Waals surface area contributed by atoms with E-state index in [2.05, 4.69) is 0 Å². The zero-order valence-electron chi connectivity index (χ0n) is 11.9. The fraction of sp³-hybridized carbons (Fsp3) is 0.538. The maximum absolute atomic E-state index is 12.8. The van der Waals surface area contributed by atoms with Crippen LogP contribution in [0.3, 0.4) is 0 Å². The summed E-state index contributed by atoms with van der Waals surface area (Å²) in [6, 6.07) is 4.11. The molecule has 1 aromatic carbocycles. The highest BCUT2D eigenvalue weighted by atomic mass is 32.3. The normalized spacial score (nSPS) is 24.9. The molecular formula is C13H18FNO4S2. The van der Waals surface area contributed by atoms with Crippen molar-refractivity contribution in [3.8, 4) is 0 Å². The number of piperidine rings is 1. The highest BCUT2D eigenvalue weighted by Gasteiger charge is 2.33. The molecule has 2 atom stereocenters. The first-order valence-corrected chi connectivity index (χ1v) is 9.51. The molecule has 2 rings (SSSR count). The van der Waals surface area contributed by atoms with Gasteiger partial charge in [-0.2, -0.15) is 12.7 Å². The van der Waals surface area contributed by atoms with Gasteiger partial charge >= 0.3 is 10.2 Å². The topological polar surface area (TPSA) is 71.5 Å². The summed E-state index contributed by atoms with van der Waals surface area (Å²) in [5.74, 6) is 0.279. The summed E-state index contributed by atoms with van der Waals surface area (Å²) in [7, 11) is -8.51. The summed E-state index contributed by atoms with van der Waals surface area (Å²) in [5, 5.41) is 0. The van der Waals surface area contributed by atoms with Crippen LogP contribution in [0.25, 0.3) is 0 Å². The first kappa shape index (κ1) is 16.4. The lowest BCUT2D eigenvalue weighted by atomic mass is 9.97. The van der Waals surface area contributed by atoms with Crippen molar-refractivity contribution in [3.63, 3.8) is 0 Å². The van der Waals surface area contributed by atoms with E-state index in [4.69, 9.17) is 0 Å². The van der Waals surface area contributed by atoms with E-state index in [9.17, 15) is 20.7 Å². The molecular weight excluding hydrogens is 317 g/mol. The van der Waals surface area contributed by atoms with Crippen molar-refractivity contribution in [3.05, 3.63) is 24.3 Å². The van der Waals surface area contributed by atoms with Gasteiger partial charge in [-0.1, -0.05) is 6.92 Å². The van der Waals surface area contributed by atoms with Crippen LogP contribution in [0.5, 0.6) is 0 Å². The molecule has 0 aromatic heterocycles. The zero-order chi connectivity index (χ0) is 15.8.